The van der Waals surface area contributed by atoms with Crippen LogP contribution in [0.25, 0.3) is 10.9 Å². The Morgan fingerprint density at radius 2 is 2.00 bits per heavy atom. The van der Waals surface area contributed by atoms with Gasteiger partial charge in [-0.15, -0.1) is 0 Å². The number of nitrogens with one attached hydrogen (secondary N) is 1. The monoisotopic (exact) mass is 272 g/mol. The highest BCUT2D eigenvalue weighted by Crippen LogP contribution is 2.28. The molecular formula is C16H24N4. The molecule has 4 nitrogen and oxygen atoms in total. The number of aromatic nitrogens is 1. The normalized spacial score (nSPS) is 13.1. The van der Waals surface area contributed by atoms with Gasteiger partial charge >= 0.3 is 0 Å². The molecule has 0 saturated heterocycles. The first-order chi connectivity index (χ1) is 9.49. The van der Waals surface area contributed by atoms with Crippen molar-refractivity contribution in [2.75, 3.05) is 31.7 Å². The van der Waals surface area contributed by atoms with Crippen molar-refractivity contribution >= 4 is 22.3 Å². The topological polar surface area (TPSA) is 54.2 Å². The largest absolute Gasteiger partial charge is 0.397 e. The lowest BCUT2D eigenvalue weighted by molar-refractivity contribution is 0.344. The fourth-order valence-corrected chi connectivity index (χ4v) is 2.32. The molecule has 1 atom stereocenters. The molecule has 1 aromatic carbocycles. The summed E-state index contributed by atoms with van der Waals surface area (Å²) >= 11 is 0. The Morgan fingerprint density at radius 1 is 1.25 bits per heavy atom. The number of likely N-dealkylation sites (N-methyl/N-ethyl adjacent to an activating group) is 1. The second-order valence-corrected chi connectivity index (χ2v) is 5.85. The molecule has 0 bridgehead atoms. The van der Waals surface area contributed by atoms with Gasteiger partial charge in [0.1, 0.15) is 0 Å². The standard InChI is InChI=1S/C16H24N4/c1-11(2)15(10-20(3)4)19-14-8-7-13-12(16(14)17)6-5-9-18-13/h5-9,11,15,19H,10,17H2,1-4H3. The van der Waals surface area contributed by atoms with Crippen LogP contribution in [0.2, 0.25) is 0 Å². The Hall–Kier alpha value is -1.81. The molecule has 1 unspecified atom stereocenters. The van der Waals surface area contributed by atoms with E-state index in [9.17, 15) is 0 Å². The van der Waals surface area contributed by atoms with Crippen LogP contribution >= 0.6 is 0 Å². The molecule has 0 spiro atoms. The zero-order chi connectivity index (χ0) is 14.7. The number of nitrogen functional groups attached to an aromatic ring is 1. The maximum absolute atomic E-state index is 6.28. The minimum absolute atomic E-state index is 0.362. The zero-order valence-electron chi connectivity index (χ0n) is 12.7. The van der Waals surface area contributed by atoms with Crippen LogP contribution < -0.4 is 11.1 Å². The number of benzene rings is 1. The first-order valence-electron chi connectivity index (χ1n) is 7.03. The predicted molar refractivity (Wildman–Crippen MR) is 87.0 cm³/mol. The molecule has 3 N–H and O–H groups in total. The number of pyridine rings is 1. The van der Waals surface area contributed by atoms with Gasteiger partial charge in [0, 0.05) is 24.2 Å². The number of rotatable bonds is 5. The molecule has 108 valence electrons. The number of nitrogens with zero attached hydrogens (tertiary/aromatic N) is 2. The molecule has 4 heteroatoms. The van der Waals surface area contributed by atoms with Gasteiger partial charge in [-0.05, 0) is 44.3 Å². The van der Waals surface area contributed by atoms with Gasteiger partial charge in [0.05, 0.1) is 16.9 Å². The Labute approximate surface area is 121 Å². The Bertz CT molecular complexity index is 578. The van der Waals surface area contributed by atoms with Crippen LogP contribution in [-0.4, -0.2) is 36.6 Å². The molecule has 0 aliphatic rings. The Kier molecular flexibility index (Phi) is 4.45. The highest BCUT2D eigenvalue weighted by atomic mass is 15.1. The molecule has 2 aromatic rings. The van der Waals surface area contributed by atoms with E-state index in [1.165, 1.54) is 0 Å². The van der Waals surface area contributed by atoms with E-state index in [4.69, 9.17) is 5.73 Å². The van der Waals surface area contributed by atoms with E-state index in [0.29, 0.717) is 12.0 Å². The fraction of sp³-hybridized carbons (Fsp3) is 0.438. The number of hydrogen-bond donors (Lipinski definition) is 2. The summed E-state index contributed by atoms with van der Waals surface area (Å²) < 4.78 is 0. The van der Waals surface area contributed by atoms with Crippen molar-refractivity contribution < 1.29 is 0 Å². The SMILES string of the molecule is CC(C)C(CN(C)C)Nc1ccc2ncccc2c1N. The van der Waals surface area contributed by atoms with Gasteiger partial charge in [-0.25, -0.2) is 0 Å². The molecule has 0 amide bonds. The van der Waals surface area contributed by atoms with Crippen LogP contribution in [0.5, 0.6) is 0 Å². The van der Waals surface area contributed by atoms with Crippen LogP contribution in [0.4, 0.5) is 11.4 Å². The molecule has 2 rings (SSSR count). The van der Waals surface area contributed by atoms with E-state index in [1.807, 2.05) is 24.3 Å². The summed E-state index contributed by atoms with van der Waals surface area (Å²) in [5, 5.41) is 4.58. The lowest BCUT2D eigenvalue weighted by atomic mass is 10.0. The van der Waals surface area contributed by atoms with Crippen molar-refractivity contribution in [1.29, 1.82) is 0 Å². The maximum Gasteiger partial charge on any atom is 0.0724 e. The van der Waals surface area contributed by atoms with E-state index in [2.05, 4.69) is 43.1 Å². The van der Waals surface area contributed by atoms with Crippen molar-refractivity contribution in [2.45, 2.75) is 19.9 Å². The number of fused-ring (bicyclic) bond motifs is 1. The zero-order valence-corrected chi connectivity index (χ0v) is 12.7. The molecule has 0 aliphatic heterocycles. The van der Waals surface area contributed by atoms with E-state index < -0.39 is 0 Å². The molecule has 20 heavy (non-hydrogen) atoms. The second kappa shape index (κ2) is 6.09. The van der Waals surface area contributed by atoms with Gasteiger partial charge in [-0.3, -0.25) is 4.98 Å². The van der Waals surface area contributed by atoms with E-state index in [0.717, 1.165) is 28.8 Å². The molecule has 1 heterocycles. The summed E-state index contributed by atoms with van der Waals surface area (Å²) in [6.45, 7) is 5.42. The van der Waals surface area contributed by atoms with Crippen LogP contribution in [0.15, 0.2) is 30.5 Å². The van der Waals surface area contributed by atoms with Crippen molar-refractivity contribution in [3.8, 4) is 0 Å². The Morgan fingerprint density at radius 3 is 2.65 bits per heavy atom. The molecule has 0 radical (unpaired) electrons. The first kappa shape index (κ1) is 14.6. The maximum atomic E-state index is 6.28. The quantitative estimate of drug-likeness (QED) is 0.822. The smallest absolute Gasteiger partial charge is 0.0724 e. The Balaban J connectivity index is 2.30. The van der Waals surface area contributed by atoms with Gasteiger partial charge in [0.2, 0.25) is 0 Å². The van der Waals surface area contributed by atoms with E-state index in [-0.39, 0.29) is 0 Å². The summed E-state index contributed by atoms with van der Waals surface area (Å²) in [6.07, 6.45) is 1.79. The summed E-state index contributed by atoms with van der Waals surface area (Å²) in [5.74, 6) is 0.529. The second-order valence-electron chi connectivity index (χ2n) is 5.85. The van der Waals surface area contributed by atoms with E-state index in [1.54, 1.807) is 6.20 Å². The molecular weight excluding hydrogens is 248 g/mol. The summed E-state index contributed by atoms with van der Waals surface area (Å²) in [7, 11) is 4.18. The first-order valence-corrected chi connectivity index (χ1v) is 7.03. The molecule has 0 saturated carbocycles. The van der Waals surface area contributed by atoms with Crippen LogP contribution in [0.1, 0.15) is 13.8 Å². The highest BCUT2D eigenvalue weighted by molar-refractivity contribution is 5.96. The van der Waals surface area contributed by atoms with Crippen molar-refractivity contribution in [3.63, 3.8) is 0 Å². The summed E-state index contributed by atoms with van der Waals surface area (Å²) in [5.41, 5.74) is 8.99. The van der Waals surface area contributed by atoms with Gasteiger partial charge < -0.3 is 16.0 Å². The average Bonchev–Trinajstić information content (AvgIpc) is 2.40. The highest BCUT2D eigenvalue weighted by Gasteiger charge is 2.16. The molecule has 0 aliphatic carbocycles. The summed E-state index contributed by atoms with van der Waals surface area (Å²) in [6, 6.07) is 8.33. The molecule has 1 aromatic heterocycles. The van der Waals surface area contributed by atoms with Crippen molar-refractivity contribution in [1.82, 2.24) is 9.88 Å². The van der Waals surface area contributed by atoms with E-state index >= 15 is 0 Å². The lowest BCUT2D eigenvalue weighted by Gasteiger charge is -2.27. The summed E-state index contributed by atoms with van der Waals surface area (Å²) in [4.78, 5) is 6.52. The number of nitrogens with two attached hydrogens (primary N) is 1. The van der Waals surface area contributed by atoms with Gasteiger partial charge in [0.25, 0.3) is 0 Å². The third-order valence-electron chi connectivity index (χ3n) is 3.53. The third-order valence-corrected chi connectivity index (χ3v) is 3.53. The number of hydrogen-bond acceptors (Lipinski definition) is 4. The van der Waals surface area contributed by atoms with Gasteiger partial charge in [0.15, 0.2) is 0 Å². The average molecular weight is 272 g/mol. The third kappa shape index (κ3) is 3.20. The minimum Gasteiger partial charge on any atom is -0.397 e. The van der Waals surface area contributed by atoms with Crippen molar-refractivity contribution in [2.24, 2.45) is 5.92 Å². The fourth-order valence-electron chi connectivity index (χ4n) is 2.32. The van der Waals surface area contributed by atoms with Gasteiger partial charge in [-0.2, -0.15) is 0 Å². The van der Waals surface area contributed by atoms with Crippen LogP contribution in [0.3, 0.4) is 0 Å². The van der Waals surface area contributed by atoms with Crippen LogP contribution in [0, 0.1) is 5.92 Å². The van der Waals surface area contributed by atoms with Crippen molar-refractivity contribution in [3.05, 3.63) is 30.5 Å². The lowest BCUT2D eigenvalue weighted by Crippen LogP contribution is -2.36. The number of anilines is 2. The van der Waals surface area contributed by atoms with Crippen LogP contribution in [-0.2, 0) is 0 Å². The predicted octanol–water partition coefficient (Wildman–Crippen LogP) is 2.82. The minimum atomic E-state index is 0.362. The van der Waals surface area contributed by atoms with Gasteiger partial charge in [-0.1, -0.05) is 13.8 Å². The molecule has 0 fully saturated rings.